The fourth-order valence-electron chi connectivity index (χ4n) is 5.02. The van der Waals surface area contributed by atoms with Crippen molar-refractivity contribution in [1.82, 2.24) is 10.2 Å². The Morgan fingerprint density at radius 2 is 1.49 bits per heavy atom. The number of nitrogens with zero attached hydrogens (tertiary/aromatic N) is 2. The van der Waals surface area contributed by atoms with Gasteiger partial charge in [-0.2, -0.15) is 0 Å². The first-order valence-corrected chi connectivity index (χ1v) is 17.3. The van der Waals surface area contributed by atoms with Gasteiger partial charge in [0.05, 0.1) is 10.6 Å². The zero-order valence-corrected chi connectivity index (χ0v) is 28.4. The number of unbranched alkanes of at least 4 members (excludes halogenated alkanes) is 1. The van der Waals surface area contributed by atoms with Gasteiger partial charge in [0.2, 0.25) is 11.8 Å². The summed E-state index contributed by atoms with van der Waals surface area (Å²) >= 11 is 3.52. The smallest absolute Gasteiger partial charge is 0.264 e. The summed E-state index contributed by atoms with van der Waals surface area (Å²) in [5, 5.41) is 3.02. The van der Waals surface area contributed by atoms with Crippen LogP contribution in [-0.2, 0) is 32.6 Å². The van der Waals surface area contributed by atoms with Crippen LogP contribution in [0.15, 0.2) is 112 Å². The molecular weight excluding hydrogens is 650 g/mol. The maximum Gasteiger partial charge on any atom is 0.264 e. The molecule has 0 heterocycles. The molecule has 0 saturated heterocycles. The van der Waals surface area contributed by atoms with Gasteiger partial charge in [-0.3, -0.25) is 13.9 Å². The van der Waals surface area contributed by atoms with Gasteiger partial charge in [-0.15, -0.1) is 0 Å². The first kappa shape index (κ1) is 33.9. The molecule has 1 N–H and O–H groups in total. The third-order valence-electron chi connectivity index (χ3n) is 7.73. The average Bonchev–Trinajstić information content (AvgIpc) is 3.03. The summed E-state index contributed by atoms with van der Waals surface area (Å²) in [6.45, 7) is 6.02. The molecule has 0 aromatic heterocycles. The van der Waals surface area contributed by atoms with E-state index in [2.05, 4.69) is 21.2 Å². The van der Waals surface area contributed by atoms with Gasteiger partial charge in [0.25, 0.3) is 10.0 Å². The lowest BCUT2D eigenvalue weighted by Crippen LogP contribution is -2.53. The van der Waals surface area contributed by atoms with E-state index in [0.717, 1.165) is 43.9 Å². The third kappa shape index (κ3) is 9.05. The second kappa shape index (κ2) is 15.9. The van der Waals surface area contributed by atoms with Crippen LogP contribution in [0.4, 0.5) is 5.69 Å². The molecule has 1 unspecified atom stereocenters. The minimum absolute atomic E-state index is 0.0766. The maximum absolute atomic E-state index is 14.5. The van der Waals surface area contributed by atoms with Crippen LogP contribution in [0.3, 0.4) is 0 Å². The number of hydrogen-bond acceptors (Lipinski definition) is 4. The molecule has 9 heteroatoms. The number of benzene rings is 4. The van der Waals surface area contributed by atoms with Crippen molar-refractivity contribution in [3.63, 3.8) is 0 Å². The Morgan fingerprint density at radius 1 is 0.822 bits per heavy atom. The summed E-state index contributed by atoms with van der Waals surface area (Å²) in [5.74, 6) is -0.765. The van der Waals surface area contributed by atoms with E-state index in [1.807, 2.05) is 81.4 Å². The fraction of sp³-hybridized carbons (Fsp3) is 0.278. The first-order valence-electron chi connectivity index (χ1n) is 15.1. The van der Waals surface area contributed by atoms with Crippen molar-refractivity contribution in [3.05, 3.63) is 130 Å². The van der Waals surface area contributed by atoms with E-state index in [4.69, 9.17) is 0 Å². The van der Waals surface area contributed by atoms with Gasteiger partial charge in [0.15, 0.2) is 0 Å². The molecule has 0 spiro atoms. The number of anilines is 1. The number of halogens is 1. The predicted octanol–water partition coefficient (Wildman–Crippen LogP) is 6.82. The Kier molecular flexibility index (Phi) is 12.0. The zero-order chi connectivity index (χ0) is 32.4. The molecule has 4 aromatic rings. The Balaban J connectivity index is 1.80. The van der Waals surface area contributed by atoms with Crippen molar-refractivity contribution < 1.29 is 18.0 Å². The number of nitrogens with one attached hydrogen (secondary N) is 1. The summed E-state index contributed by atoms with van der Waals surface area (Å²) in [7, 11) is -4.14. The van der Waals surface area contributed by atoms with Crippen LogP contribution in [0.1, 0.15) is 42.0 Å². The highest BCUT2D eigenvalue weighted by Crippen LogP contribution is 2.27. The predicted molar refractivity (Wildman–Crippen MR) is 183 cm³/mol. The summed E-state index contributed by atoms with van der Waals surface area (Å²) in [6, 6.07) is 29.7. The monoisotopic (exact) mass is 689 g/mol. The number of rotatable bonds is 14. The molecule has 45 heavy (non-hydrogen) atoms. The van der Waals surface area contributed by atoms with Crippen LogP contribution in [0, 0.1) is 13.8 Å². The van der Waals surface area contributed by atoms with Crippen LogP contribution >= 0.6 is 15.9 Å². The van der Waals surface area contributed by atoms with Gasteiger partial charge in [0.1, 0.15) is 12.6 Å². The Morgan fingerprint density at radius 3 is 2.13 bits per heavy atom. The van der Waals surface area contributed by atoms with Crippen molar-refractivity contribution in [2.75, 3.05) is 17.4 Å². The highest BCUT2D eigenvalue weighted by Gasteiger charge is 2.34. The summed E-state index contributed by atoms with van der Waals surface area (Å²) in [4.78, 5) is 30.0. The fourth-order valence-corrected chi connectivity index (χ4v) is 6.90. The molecule has 4 rings (SSSR count). The first-order chi connectivity index (χ1) is 21.6. The number of hydrogen-bond donors (Lipinski definition) is 1. The molecule has 4 aromatic carbocycles. The Hall–Kier alpha value is -3.95. The van der Waals surface area contributed by atoms with Crippen molar-refractivity contribution in [3.8, 4) is 0 Å². The van der Waals surface area contributed by atoms with Crippen LogP contribution in [0.2, 0.25) is 0 Å². The van der Waals surface area contributed by atoms with Gasteiger partial charge in [-0.25, -0.2) is 8.42 Å². The summed E-state index contributed by atoms with van der Waals surface area (Å²) in [6.07, 6.45) is 1.99. The highest BCUT2D eigenvalue weighted by molar-refractivity contribution is 9.10. The van der Waals surface area contributed by atoms with E-state index in [1.54, 1.807) is 30.3 Å². The molecule has 0 radical (unpaired) electrons. The lowest BCUT2D eigenvalue weighted by molar-refractivity contribution is -0.140. The number of carbonyl (C=O) groups excluding carboxylic acids is 2. The number of aryl methyl sites for hydroxylation is 2. The van der Waals surface area contributed by atoms with E-state index in [9.17, 15) is 18.0 Å². The summed E-state index contributed by atoms with van der Waals surface area (Å²) < 4.78 is 30.2. The molecular formula is C36H40BrN3O4S. The van der Waals surface area contributed by atoms with Crippen LogP contribution in [0.25, 0.3) is 0 Å². The second-order valence-electron chi connectivity index (χ2n) is 11.1. The van der Waals surface area contributed by atoms with Crippen molar-refractivity contribution in [2.24, 2.45) is 0 Å². The van der Waals surface area contributed by atoms with Crippen molar-refractivity contribution in [2.45, 2.75) is 57.5 Å². The molecule has 0 aliphatic heterocycles. The molecule has 0 saturated carbocycles. The standard InChI is InChI=1S/C36H40BrN3O4S/c1-4-5-21-38-36(42)34(24-29-13-8-6-9-14-29)39(25-30-15-12-16-31(37)23-30)35(41)26-40(32-20-19-27(2)28(3)22-32)45(43,44)33-17-10-7-11-18-33/h6-20,22-23,34H,4-5,21,24-26H2,1-3H3,(H,38,42). The van der Waals surface area contributed by atoms with Crippen LogP contribution in [-0.4, -0.2) is 44.3 Å². The average molecular weight is 691 g/mol. The minimum Gasteiger partial charge on any atom is -0.354 e. The molecule has 1 atom stereocenters. The number of sulfonamides is 1. The number of carbonyl (C=O) groups is 2. The topological polar surface area (TPSA) is 86.8 Å². The maximum atomic E-state index is 14.5. The largest absolute Gasteiger partial charge is 0.354 e. The lowest BCUT2D eigenvalue weighted by atomic mass is 10.0. The highest BCUT2D eigenvalue weighted by atomic mass is 79.9. The Labute approximate surface area is 275 Å². The van der Waals surface area contributed by atoms with E-state index in [0.29, 0.717) is 12.2 Å². The van der Waals surface area contributed by atoms with Gasteiger partial charge < -0.3 is 10.2 Å². The quantitative estimate of drug-likeness (QED) is 0.147. The Bertz CT molecular complexity index is 1700. The van der Waals surface area contributed by atoms with Gasteiger partial charge >= 0.3 is 0 Å². The molecule has 0 aliphatic carbocycles. The van der Waals surface area contributed by atoms with Crippen LogP contribution in [0.5, 0.6) is 0 Å². The van der Waals surface area contributed by atoms with E-state index in [-0.39, 0.29) is 23.8 Å². The van der Waals surface area contributed by atoms with Crippen LogP contribution < -0.4 is 9.62 Å². The molecule has 2 amide bonds. The SMILES string of the molecule is CCCCNC(=O)C(Cc1ccccc1)N(Cc1cccc(Br)c1)C(=O)CN(c1ccc(C)c(C)c1)S(=O)(=O)c1ccccc1. The molecule has 0 bridgehead atoms. The second-order valence-corrected chi connectivity index (χ2v) is 13.9. The van der Waals surface area contributed by atoms with Gasteiger partial charge in [-0.1, -0.05) is 96.0 Å². The molecule has 0 fully saturated rings. The summed E-state index contributed by atoms with van der Waals surface area (Å²) in [5.41, 5.74) is 3.98. The van der Waals surface area contributed by atoms with E-state index >= 15 is 0 Å². The van der Waals surface area contributed by atoms with Gasteiger partial charge in [0, 0.05) is 24.0 Å². The number of amides is 2. The zero-order valence-electron chi connectivity index (χ0n) is 25.9. The molecule has 236 valence electrons. The van der Waals surface area contributed by atoms with Gasteiger partial charge in [-0.05, 0) is 78.9 Å². The van der Waals surface area contributed by atoms with E-state index < -0.39 is 28.5 Å². The molecule has 0 aliphatic rings. The van der Waals surface area contributed by atoms with Crippen molar-refractivity contribution >= 4 is 43.5 Å². The lowest BCUT2D eigenvalue weighted by Gasteiger charge is -2.34. The third-order valence-corrected chi connectivity index (χ3v) is 10.0. The van der Waals surface area contributed by atoms with E-state index in [1.165, 1.54) is 17.0 Å². The minimum atomic E-state index is -4.14. The molecule has 7 nitrogen and oxygen atoms in total. The normalized spacial score (nSPS) is 11.9. The van der Waals surface area contributed by atoms with Crippen molar-refractivity contribution in [1.29, 1.82) is 0 Å².